The van der Waals surface area contributed by atoms with Crippen LogP contribution in [0.1, 0.15) is 39.0 Å². The Balaban J connectivity index is 1.76. The summed E-state index contributed by atoms with van der Waals surface area (Å²) in [5, 5.41) is 2.89. The molecule has 5 heteroatoms. The zero-order chi connectivity index (χ0) is 13.7. The van der Waals surface area contributed by atoms with E-state index in [1.807, 2.05) is 6.20 Å². The fourth-order valence-corrected chi connectivity index (χ4v) is 2.63. The normalized spacial score (nSPS) is 20.2. The maximum absolute atomic E-state index is 12.0. The molecule has 1 saturated heterocycles. The first-order chi connectivity index (χ1) is 9.16. The minimum Gasteiger partial charge on any atom is -0.339 e. The van der Waals surface area contributed by atoms with E-state index < -0.39 is 0 Å². The van der Waals surface area contributed by atoms with Crippen molar-refractivity contribution in [2.45, 2.75) is 39.0 Å². The van der Waals surface area contributed by atoms with Gasteiger partial charge in [0, 0.05) is 39.3 Å². The number of hydrogen-bond acceptors (Lipinski definition) is 2. The molecule has 1 heterocycles. The molecule has 2 aliphatic rings. The molecule has 0 aromatic carbocycles. The molecule has 2 rings (SSSR count). The number of urea groups is 1. The minimum atomic E-state index is -0.0405. The maximum Gasteiger partial charge on any atom is 0.321 e. The van der Waals surface area contributed by atoms with Crippen LogP contribution in [0.4, 0.5) is 4.79 Å². The highest BCUT2D eigenvalue weighted by atomic mass is 16.2. The average Bonchev–Trinajstić information content (AvgIpc) is 2.46. The van der Waals surface area contributed by atoms with Gasteiger partial charge in [0.1, 0.15) is 0 Å². The van der Waals surface area contributed by atoms with Crippen molar-refractivity contribution in [3.63, 3.8) is 0 Å². The summed E-state index contributed by atoms with van der Waals surface area (Å²) in [5.74, 6) is 0.0874. The quantitative estimate of drug-likeness (QED) is 0.784. The number of hydrogen-bond donors (Lipinski definition) is 1. The van der Waals surface area contributed by atoms with Gasteiger partial charge in [-0.25, -0.2) is 4.79 Å². The SMILES string of the molecule is CC(=O)N1CCN(C(=O)NC=C2CCCCC2)CC1. The summed E-state index contributed by atoms with van der Waals surface area (Å²) in [4.78, 5) is 26.7. The number of carbonyl (C=O) groups is 2. The summed E-state index contributed by atoms with van der Waals surface area (Å²) in [5.41, 5.74) is 1.35. The molecule has 19 heavy (non-hydrogen) atoms. The first-order valence-corrected chi connectivity index (χ1v) is 7.15. The van der Waals surface area contributed by atoms with Crippen LogP contribution in [0, 0.1) is 0 Å². The standard InChI is InChI=1S/C14H23N3O2/c1-12(18)16-7-9-17(10-8-16)14(19)15-11-13-5-3-2-4-6-13/h11H,2-10H2,1H3,(H,15,19). The van der Waals surface area contributed by atoms with Crippen LogP contribution < -0.4 is 5.32 Å². The Kier molecular flexibility index (Phi) is 4.82. The highest BCUT2D eigenvalue weighted by molar-refractivity contribution is 5.76. The number of carbonyl (C=O) groups excluding carboxylic acids is 2. The third-order valence-electron chi connectivity index (χ3n) is 3.91. The van der Waals surface area contributed by atoms with Gasteiger partial charge < -0.3 is 15.1 Å². The van der Waals surface area contributed by atoms with E-state index >= 15 is 0 Å². The van der Waals surface area contributed by atoms with Crippen molar-refractivity contribution < 1.29 is 9.59 Å². The number of amides is 3. The van der Waals surface area contributed by atoms with E-state index in [4.69, 9.17) is 0 Å². The van der Waals surface area contributed by atoms with E-state index in [9.17, 15) is 9.59 Å². The highest BCUT2D eigenvalue weighted by Crippen LogP contribution is 2.21. The topological polar surface area (TPSA) is 52.7 Å². The van der Waals surface area contributed by atoms with Crippen LogP contribution in [0.25, 0.3) is 0 Å². The molecule has 1 saturated carbocycles. The van der Waals surface area contributed by atoms with E-state index in [-0.39, 0.29) is 11.9 Å². The molecular formula is C14H23N3O2. The van der Waals surface area contributed by atoms with E-state index in [1.165, 1.54) is 24.8 Å². The van der Waals surface area contributed by atoms with Gasteiger partial charge in [0.15, 0.2) is 0 Å². The smallest absolute Gasteiger partial charge is 0.321 e. The summed E-state index contributed by atoms with van der Waals surface area (Å²) in [6.07, 6.45) is 7.88. The number of rotatable bonds is 1. The summed E-state index contributed by atoms with van der Waals surface area (Å²) >= 11 is 0. The van der Waals surface area contributed by atoms with Crippen LogP contribution in [0.3, 0.4) is 0 Å². The van der Waals surface area contributed by atoms with Crippen molar-refractivity contribution >= 4 is 11.9 Å². The molecule has 5 nitrogen and oxygen atoms in total. The summed E-state index contributed by atoms with van der Waals surface area (Å²) < 4.78 is 0. The van der Waals surface area contributed by atoms with Gasteiger partial charge in [0.2, 0.25) is 5.91 Å². The molecular weight excluding hydrogens is 242 g/mol. The first kappa shape index (κ1) is 13.9. The lowest BCUT2D eigenvalue weighted by molar-refractivity contribution is -0.130. The van der Waals surface area contributed by atoms with Crippen molar-refractivity contribution in [3.8, 4) is 0 Å². The second-order valence-electron chi connectivity index (χ2n) is 5.31. The van der Waals surface area contributed by atoms with Crippen molar-refractivity contribution in [2.24, 2.45) is 0 Å². The van der Waals surface area contributed by atoms with Crippen molar-refractivity contribution in [1.82, 2.24) is 15.1 Å². The van der Waals surface area contributed by atoms with Crippen LogP contribution in [-0.4, -0.2) is 47.9 Å². The monoisotopic (exact) mass is 265 g/mol. The zero-order valence-electron chi connectivity index (χ0n) is 11.7. The predicted molar refractivity (Wildman–Crippen MR) is 73.5 cm³/mol. The van der Waals surface area contributed by atoms with Crippen LogP contribution in [-0.2, 0) is 4.79 Å². The second kappa shape index (κ2) is 6.59. The van der Waals surface area contributed by atoms with Crippen LogP contribution in [0.2, 0.25) is 0 Å². The molecule has 0 radical (unpaired) electrons. The molecule has 3 amide bonds. The number of nitrogens with zero attached hydrogens (tertiary/aromatic N) is 2. The molecule has 1 aliphatic carbocycles. The molecule has 0 unspecified atom stereocenters. The third kappa shape index (κ3) is 3.98. The molecule has 0 spiro atoms. The Hall–Kier alpha value is -1.52. The molecule has 0 aromatic rings. The van der Waals surface area contributed by atoms with Gasteiger partial charge in [-0.3, -0.25) is 4.79 Å². The van der Waals surface area contributed by atoms with E-state index in [2.05, 4.69) is 5.32 Å². The molecule has 1 aliphatic heterocycles. The lowest BCUT2D eigenvalue weighted by Crippen LogP contribution is -2.52. The molecule has 2 fully saturated rings. The van der Waals surface area contributed by atoms with Crippen LogP contribution in [0.5, 0.6) is 0 Å². The van der Waals surface area contributed by atoms with Gasteiger partial charge >= 0.3 is 6.03 Å². The Labute approximate surface area is 114 Å². The van der Waals surface area contributed by atoms with Crippen LogP contribution in [0.15, 0.2) is 11.8 Å². The molecule has 0 aromatic heterocycles. The highest BCUT2D eigenvalue weighted by Gasteiger charge is 2.21. The minimum absolute atomic E-state index is 0.0405. The fourth-order valence-electron chi connectivity index (χ4n) is 2.63. The zero-order valence-corrected chi connectivity index (χ0v) is 11.7. The Morgan fingerprint density at radius 2 is 1.58 bits per heavy atom. The number of nitrogens with one attached hydrogen (secondary N) is 1. The van der Waals surface area contributed by atoms with Gasteiger partial charge in [-0.1, -0.05) is 12.0 Å². The summed E-state index contributed by atoms with van der Waals surface area (Å²) in [6, 6.07) is -0.0405. The lowest BCUT2D eigenvalue weighted by atomic mass is 9.96. The van der Waals surface area contributed by atoms with E-state index in [0.29, 0.717) is 26.2 Å². The van der Waals surface area contributed by atoms with Gasteiger partial charge in [0.25, 0.3) is 0 Å². The summed E-state index contributed by atoms with van der Waals surface area (Å²) in [6.45, 7) is 4.09. The van der Waals surface area contributed by atoms with Gasteiger partial charge in [-0.15, -0.1) is 0 Å². The van der Waals surface area contributed by atoms with Crippen molar-refractivity contribution in [1.29, 1.82) is 0 Å². The maximum atomic E-state index is 12.0. The summed E-state index contributed by atoms with van der Waals surface area (Å²) in [7, 11) is 0. The van der Waals surface area contributed by atoms with Crippen molar-refractivity contribution in [2.75, 3.05) is 26.2 Å². The fraction of sp³-hybridized carbons (Fsp3) is 0.714. The predicted octanol–water partition coefficient (Wildman–Crippen LogP) is 1.71. The largest absolute Gasteiger partial charge is 0.339 e. The molecule has 0 bridgehead atoms. The third-order valence-corrected chi connectivity index (χ3v) is 3.91. The second-order valence-corrected chi connectivity index (χ2v) is 5.31. The lowest BCUT2D eigenvalue weighted by Gasteiger charge is -2.33. The Morgan fingerprint density at radius 3 is 2.16 bits per heavy atom. The molecule has 0 atom stereocenters. The van der Waals surface area contributed by atoms with Gasteiger partial charge in [0.05, 0.1) is 0 Å². The number of allylic oxidation sites excluding steroid dienone is 1. The van der Waals surface area contributed by atoms with Crippen molar-refractivity contribution in [3.05, 3.63) is 11.8 Å². The van der Waals surface area contributed by atoms with Crippen LogP contribution >= 0.6 is 0 Å². The molecule has 106 valence electrons. The van der Waals surface area contributed by atoms with Gasteiger partial charge in [-0.05, 0) is 25.7 Å². The average molecular weight is 265 g/mol. The number of piperazine rings is 1. The van der Waals surface area contributed by atoms with E-state index in [1.54, 1.807) is 16.7 Å². The molecule has 1 N–H and O–H groups in total. The Morgan fingerprint density at radius 1 is 1.00 bits per heavy atom. The van der Waals surface area contributed by atoms with E-state index in [0.717, 1.165) is 12.8 Å². The Bertz CT molecular complexity index is 363. The first-order valence-electron chi connectivity index (χ1n) is 7.15. The van der Waals surface area contributed by atoms with Gasteiger partial charge in [-0.2, -0.15) is 0 Å².